The van der Waals surface area contributed by atoms with Crippen LogP contribution in [0.15, 0.2) is 5.16 Å². The van der Waals surface area contributed by atoms with Crippen LogP contribution in [0.1, 0.15) is 12.8 Å². The van der Waals surface area contributed by atoms with Gasteiger partial charge in [0.2, 0.25) is 5.91 Å². The Morgan fingerprint density at radius 1 is 1.64 bits per heavy atom. The second-order valence-electron chi connectivity index (χ2n) is 3.52. The number of carbonyl (C=O) groups is 1. The molecule has 1 fully saturated rings. The molecule has 0 bridgehead atoms. The number of aliphatic hydroxyl groups is 1. The minimum atomic E-state index is -0.807. The summed E-state index contributed by atoms with van der Waals surface area (Å²) in [5.74, 6) is -0.228. The van der Waals surface area contributed by atoms with E-state index in [-0.39, 0.29) is 24.9 Å². The van der Waals surface area contributed by atoms with Crippen molar-refractivity contribution in [3.63, 3.8) is 0 Å². The third-order valence-electron chi connectivity index (χ3n) is 2.54. The first kappa shape index (κ1) is 10.8. The summed E-state index contributed by atoms with van der Waals surface area (Å²) in [6.45, 7) is 0.174. The third-order valence-corrected chi connectivity index (χ3v) is 2.54. The number of rotatable bonds is 4. The van der Waals surface area contributed by atoms with Crippen LogP contribution < -0.4 is 5.73 Å². The van der Waals surface area contributed by atoms with E-state index in [1.165, 1.54) is 4.90 Å². The molecule has 0 radical (unpaired) electrons. The summed E-state index contributed by atoms with van der Waals surface area (Å²) in [5.41, 5.74) is 4.63. The van der Waals surface area contributed by atoms with Crippen molar-refractivity contribution in [1.29, 1.82) is 0 Å². The van der Waals surface area contributed by atoms with Gasteiger partial charge in [-0.1, -0.05) is 5.16 Å². The molecule has 0 aromatic carbocycles. The standard InChI is InChI=1S/C8H15N3O3/c1-11(4-5-12)7(13)8(2-3-8)6(9)10-14/h12,14H,2-5H2,1H3,(H2,9,10). The van der Waals surface area contributed by atoms with E-state index in [0.717, 1.165) is 0 Å². The van der Waals surface area contributed by atoms with Crippen molar-refractivity contribution in [3.05, 3.63) is 0 Å². The Kier molecular flexibility index (Phi) is 2.95. The average Bonchev–Trinajstić information content (AvgIpc) is 2.97. The van der Waals surface area contributed by atoms with Crippen LogP contribution in [-0.2, 0) is 4.79 Å². The summed E-state index contributed by atoms with van der Waals surface area (Å²) in [7, 11) is 1.59. The van der Waals surface area contributed by atoms with E-state index in [0.29, 0.717) is 12.8 Å². The summed E-state index contributed by atoms with van der Waals surface area (Å²) in [6, 6.07) is 0. The van der Waals surface area contributed by atoms with Gasteiger partial charge in [-0.25, -0.2) is 0 Å². The molecule has 6 nitrogen and oxygen atoms in total. The second kappa shape index (κ2) is 3.83. The largest absolute Gasteiger partial charge is 0.409 e. The molecular formula is C8H15N3O3. The molecule has 1 saturated carbocycles. The number of nitrogens with zero attached hydrogens (tertiary/aromatic N) is 2. The molecule has 4 N–H and O–H groups in total. The van der Waals surface area contributed by atoms with Gasteiger partial charge >= 0.3 is 0 Å². The highest BCUT2D eigenvalue weighted by molar-refractivity contribution is 6.09. The van der Waals surface area contributed by atoms with Gasteiger partial charge in [0.1, 0.15) is 5.41 Å². The lowest BCUT2D eigenvalue weighted by atomic mass is 10.0. The van der Waals surface area contributed by atoms with Crippen molar-refractivity contribution in [3.8, 4) is 0 Å². The van der Waals surface area contributed by atoms with Crippen molar-refractivity contribution >= 4 is 11.7 Å². The van der Waals surface area contributed by atoms with Crippen molar-refractivity contribution in [2.75, 3.05) is 20.2 Å². The van der Waals surface area contributed by atoms with Gasteiger partial charge in [0.25, 0.3) is 0 Å². The maximum atomic E-state index is 11.8. The van der Waals surface area contributed by atoms with E-state index in [4.69, 9.17) is 16.0 Å². The fraction of sp³-hybridized carbons (Fsp3) is 0.750. The molecule has 1 amide bonds. The molecular weight excluding hydrogens is 186 g/mol. The van der Waals surface area contributed by atoms with E-state index in [1.807, 2.05) is 0 Å². The first-order valence-corrected chi connectivity index (χ1v) is 4.43. The molecule has 80 valence electrons. The van der Waals surface area contributed by atoms with E-state index in [1.54, 1.807) is 7.05 Å². The molecule has 6 heteroatoms. The Morgan fingerprint density at radius 2 is 2.21 bits per heavy atom. The maximum absolute atomic E-state index is 11.8. The van der Waals surface area contributed by atoms with Crippen LogP contribution >= 0.6 is 0 Å². The van der Waals surface area contributed by atoms with Gasteiger partial charge in [-0.15, -0.1) is 0 Å². The van der Waals surface area contributed by atoms with Gasteiger partial charge in [0.15, 0.2) is 5.84 Å². The number of aliphatic hydroxyl groups excluding tert-OH is 1. The number of hydrogen-bond acceptors (Lipinski definition) is 4. The summed E-state index contributed by atoms with van der Waals surface area (Å²) >= 11 is 0. The van der Waals surface area contributed by atoms with Crippen LogP contribution in [0, 0.1) is 5.41 Å². The minimum Gasteiger partial charge on any atom is -0.409 e. The first-order chi connectivity index (χ1) is 6.58. The van der Waals surface area contributed by atoms with Gasteiger partial charge in [0, 0.05) is 13.6 Å². The van der Waals surface area contributed by atoms with Crippen molar-refractivity contribution < 1.29 is 15.1 Å². The summed E-state index contributed by atoms with van der Waals surface area (Å²) < 4.78 is 0. The molecule has 0 unspecified atom stereocenters. The van der Waals surface area contributed by atoms with Gasteiger partial charge < -0.3 is 20.9 Å². The van der Waals surface area contributed by atoms with Gasteiger partial charge in [-0.3, -0.25) is 4.79 Å². The van der Waals surface area contributed by atoms with Crippen LogP contribution in [0.5, 0.6) is 0 Å². The predicted molar refractivity (Wildman–Crippen MR) is 49.8 cm³/mol. The Balaban J connectivity index is 2.69. The van der Waals surface area contributed by atoms with E-state index in [2.05, 4.69) is 5.16 Å². The molecule has 0 aromatic heterocycles. The predicted octanol–water partition coefficient (Wildman–Crippen LogP) is -1.04. The minimum absolute atomic E-state index is 0.0349. The normalized spacial score (nSPS) is 19.1. The zero-order valence-corrected chi connectivity index (χ0v) is 8.10. The lowest BCUT2D eigenvalue weighted by molar-refractivity contribution is -0.133. The molecule has 14 heavy (non-hydrogen) atoms. The maximum Gasteiger partial charge on any atom is 0.236 e. The zero-order chi connectivity index (χ0) is 10.8. The number of nitrogens with two attached hydrogens (primary N) is 1. The number of carbonyl (C=O) groups excluding carboxylic acids is 1. The third kappa shape index (κ3) is 1.65. The van der Waals surface area contributed by atoms with Gasteiger partial charge in [0.05, 0.1) is 6.61 Å². The van der Waals surface area contributed by atoms with Crippen molar-refractivity contribution in [2.45, 2.75) is 12.8 Å². The number of amides is 1. The molecule has 1 rings (SSSR count). The lowest BCUT2D eigenvalue weighted by Crippen LogP contribution is -2.42. The molecule has 1 aliphatic carbocycles. The number of amidine groups is 1. The smallest absolute Gasteiger partial charge is 0.236 e. The molecule has 0 aliphatic heterocycles. The Labute approximate surface area is 82.0 Å². The summed E-state index contributed by atoms with van der Waals surface area (Å²) in [4.78, 5) is 13.2. The van der Waals surface area contributed by atoms with Crippen LogP contribution in [0.3, 0.4) is 0 Å². The number of likely N-dealkylation sites (N-methyl/N-ethyl adjacent to an activating group) is 1. The molecule has 0 spiro atoms. The number of hydrogen-bond donors (Lipinski definition) is 3. The zero-order valence-electron chi connectivity index (χ0n) is 8.10. The van der Waals surface area contributed by atoms with Crippen LogP contribution in [0.25, 0.3) is 0 Å². The quantitative estimate of drug-likeness (QED) is 0.234. The highest BCUT2D eigenvalue weighted by Gasteiger charge is 2.55. The van der Waals surface area contributed by atoms with E-state index >= 15 is 0 Å². The van der Waals surface area contributed by atoms with Crippen molar-refractivity contribution in [2.24, 2.45) is 16.3 Å². The van der Waals surface area contributed by atoms with Crippen molar-refractivity contribution in [1.82, 2.24) is 4.90 Å². The Morgan fingerprint density at radius 3 is 2.57 bits per heavy atom. The van der Waals surface area contributed by atoms with E-state index in [9.17, 15) is 4.79 Å². The SMILES string of the molecule is CN(CCO)C(=O)C1(C(N)=NO)CC1. The molecule has 1 aliphatic rings. The van der Waals surface area contributed by atoms with E-state index < -0.39 is 5.41 Å². The fourth-order valence-corrected chi connectivity index (χ4v) is 1.42. The topological polar surface area (TPSA) is 99.2 Å². The van der Waals surface area contributed by atoms with Gasteiger partial charge in [-0.2, -0.15) is 0 Å². The molecule has 0 atom stereocenters. The highest BCUT2D eigenvalue weighted by Crippen LogP contribution is 2.47. The van der Waals surface area contributed by atoms with Crippen LogP contribution in [0.4, 0.5) is 0 Å². The first-order valence-electron chi connectivity index (χ1n) is 4.43. The van der Waals surface area contributed by atoms with Gasteiger partial charge in [-0.05, 0) is 12.8 Å². The Bertz CT molecular complexity index is 261. The lowest BCUT2D eigenvalue weighted by Gasteiger charge is -2.21. The Hall–Kier alpha value is -1.30. The molecule has 0 saturated heterocycles. The molecule has 0 aromatic rings. The van der Waals surface area contributed by atoms with Crippen LogP contribution in [0.2, 0.25) is 0 Å². The highest BCUT2D eigenvalue weighted by atomic mass is 16.4. The second-order valence-corrected chi connectivity index (χ2v) is 3.52. The molecule has 0 heterocycles. The monoisotopic (exact) mass is 201 g/mol. The average molecular weight is 201 g/mol. The fourth-order valence-electron chi connectivity index (χ4n) is 1.42. The van der Waals surface area contributed by atoms with Crippen LogP contribution in [-0.4, -0.2) is 47.2 Å². The number of oxime groups is 1. The summed E-state index contributed by atoms with van der Waals surface area (Å²) in [6.07, 6.45) is 1.22. The summed E-state index contributed by atoms with van der Waals surface area (Å²) in [5, 5.41) is 20.0.